The van der Waals surface area contributed by atoms with Crippen LogP contribution in [0.15, 0.2) is 53.1 Å². The van der Waals surface area contributed by atoms with Crippen molar-refractivity contribution in [3.8, 4) is 11.5 Å². The van der Waals surface area contributed by atoms with Gasteiger partial charge in [0.1, 0.15) is 18.1 Å². The number of halogens is 2. The quantitative estimate of drug-likeness (QED) is 0.243. The van der Waals surface area contributed by atoms with Crippen molar-refractivity contribution in [1.29, 1.82) is 0 Å². The normalized spacial score (nSPS) is 17.1. The number of methoxy groups -OCH3 is 1. The van der Waals surface area contributed by atoms with E-state index in [1.165, 1.54) is 0 Å². The zero-order valence-electron chi connectivity index (χ0n) is 23.8. The fourth-order valence-corrected chi connectivity index (χ4v) is 5.88. The molecule has 1 amide bonds. The maximum Gasteiger partial charge on any atom is 0.267 e. The number of nitrogens with zero attached hydrogens (tertiary/aromatic N) is 2. The van der Waals surface area contributed by atoms with Crippen LogP contribution in [0.2, 0.25) is 0 Å². The molecule has 0 unspecified atom stereocenters. The molecule has 0 saturated carbocycles. The number of aliphatic hydroxyl groups excluding tert-OH is 1. The highest BCUT2D eigenvalue weighted by molar-refractivity contribution is 5.99. The van der Waals surface area contributed by atoms with Crippen molar-refractivity contribution < 1.29 is 23.8 Å². The number of carbonyl (C=O) groups is 1. The van der Waals surface area contributed by atoms with Crippen LogP contribution in [-0.2, 0) is 6.61 Å². The first kappa shape index (κ1) is 32.0. The Morgan fingerprint density at radius 3 is 2.36 bits per heavy atom. The number of aromatic amines is 1. The van der Waals surface area contributed by atoms with Crippen LogP contribution in [0.1, 0.15) is 41.7 Å². The second-order valence-electron chi connectivity index (χ2n) is 10.9. The van der Waals surface area contributed by atoms with E-state index in [0.717, 1.165) is 86.8 Å². The molecule has 0 aliphatic carbocycles. The minimum Gasteiger partial charge on any atom is -0.493 e. The van der Waals surface area contributed by atoms with Gasteiger partial charge in [-0.05, 0) is 49.9 Å². The molecule has 4 aromatic rings. The lowest BCUT2D eigenvalue weighted by atomic mass is 10.0. The number of nitrogens with one attached hydrogen (secondary N) is 2. The van der Waals surface area contributed by atoms with Crippen LogP contribution in [0.25, 0.3) is 21.9 Å². The molecule has 4 heterocycles. The summed E-state index contributed by atoms with van der Waals surface area (Å²) in [5.41, 5.74) is 3.04. The number of aromatic nitrogens is 1. The molecule has 0 spiro atoms. The Labute approximate surface area is 258 Å². The molecule has 42 heavy (non-hydrogen) atoms. The lowest BCUT2D eigenvalue weighted by molar-refractivity contribution is 0.0729. The van der Waals surface area contributed by atoms with E-state index in [1.54, 1.807) is 13.4 Å². The zero-order valence-corrected chi connectivity index (χ0v) is 25.5. The van der Waals surface area contributed by atoms with Gasteiger partial charge >= 0.3 is 0 Å². The molecule has 228 valence electrons. The first-order valence-electron chi connectivity index (χ1n) is 14.3. The third-order valence-electron chi connectivity index (χ3n) is 8.33. The average molecular weight is 620 g/mol. The Balaban J connectivity index is 0.00000202. The number of fused-ring (bicyclic) bond motifs is 2. The third-order valence-corrected chi connectivity index (χ3v) is 8.33. The Morgan fingerprint density at radius 1 is 0.976 bits per heavy atom. The summed E-state index contributed by atoms with van der Waals surface area (Å²) in [6.45, 7) is 6.38. The average Bonchev–Trinajstić information content (AvgIpc) is 3.61. The van der Waals surface area contributed by atoms with Crippen molar-refractivity contribution >= 4 is 52.6 Å². The summed E-state index contributed by atoms with van der Waals surface area (Å²) in [5, 5.41) is 14.8. The number of amides is 1. The Morgan fingerprint density at radius 2 is 1.64 bits per heavy atom. The second-order valence-corrected chi connectivity index (χ2v) is 10.9. The predicted octanol–water partition coefficient (Wildman–Crippen LogP) is 5.00. The van der Waals surface area contributed by atoms with Crippen molar-refractivity contribution in [2.45, 2.75) is 44.4 Å². The van der Waals surface area contributed by atoms with E-state index in [-0.39, 0.29) is 42.9 Å². The summed E-state index contributed by atoms with van der Waals surface area (Å²) in [6, 6.07) is 13.6. The maximum absolute atomic E-state index is 13.1. The molecular weight excluding hydrogens is 579 g/mol. The third kappa shape index (κ3) is 7.15. The van der Waals surface area contributed by atoms with E-state index in [2.05, 4.69) is 20.1 Å². The van der Waals surface area contributed by atoms with Crippen LogP contribution in [0.5, 0.6) is 11.5 Å². The van der Waals surface area contributed by atoms with Gasteiger partial charge in [0.05, 0.1) is 19.5 Å². The molecule has 2 aromatic heterocycles. The van der Waals surface area contributed by atoms with Crippen LogP contribution in [0.3, 0.4) is 0 Å². The summed E-state index contributed by atoms with van der Waals surface area (Å²) in [6.07, 6.45) is 5.23. The van der Waals surface area contributed by atoms with Crippen LogP contribution in [0.4, 0.5) is 0 Å². The van der Waals surface area contributed by atoms with E-state index in [0.29, 0.717) is 29.4 Å². The molecule has 0 radical (unpaired) electrons. The number of benzene rings is 2. The lowest BCUT2D eigenvalue weighted by Crippen LogP contribution is -2.47. The number of rotatable bonds is 9. The number of hydrogen-bond acceptors (Lipinski definition) is 7. The van der Waals surface area contributed by atoms with E-state index >= 15 is 0 Å². The molecule has 0 atom stereocenters. The van der Waals surface area contributed by atoms with Gasteiger partial charge in [-0.1, -0.05) is 18.2 Å². The number of piperidine rings is 2. The molecule has 9 nitrogen and oxygen atoms in total. The zero-order chi connectivity index (χ0) is 27.5. The summed E-state index contributed by atoms with van der Waals surface area (Å²) >= 11 is 0. The first-order chi connectivity index (χ1) is 19.6. The summed E-state index contributed by atoms with van der Waals surface area (Å²) in [7, 11) is 1.63. The molecule has 2 saturated heterocycles. The van der Waals surface area contributed by atoms with Crippen molar-refractivity contribution in [1.82, 2.24) is 20.1 Å². The van der Waals surface area contributed by atoms with E-state index in [1.807, 2.05) is 42.5 Å². The summed E-state index contributed by atoms with van der Waals surface area (Å²) in [5.74, 6) is 1.32. The van der Waals surface area contributed by atoms with E-state index in [9.17, 15) is 9.90 Å². The number of ether oxygens (including phenoxy) is 2. The maximum atomic E-state index is 13.1. The predicted molar refractivity (Wildman–Crippen MR) is 169 cm³/mol. The van der Waals surface area contributed by atoms with Crippen LogP contribution >= 0.6 is 24.8 Å². The number of carbonyl (C=O) groups excluding carboxylic acids is 1. The molecular formula is C31H40Cl2N4O5. The minimum absolute atomic E-state index is 0. The molecule has 2 fully saturated rings. The number of hydrogen-bond donors (Lipinski definition) is 3. The number of likely N-dealkylation sites (tertiary alicyclic amines) is 2. The van der Waals surface area contributed by atoms with Crippen LogP contribution < -0.4 is 14.8 Å². The smallest absolute Gasteiger partial charge is 0.267 e. The molecule has 2 aliphatic rings. The van der Waals surface area contributed by atoms with Gasteiger partial charge in [0, 0.05) is 67.2 Å². The molecule has 2 aromatic carbocycles. The standard InChI is InChI=1S/C31H38N4O5.2ClH/c1-38-29-7-2-4-24-21(20-40-30(24)29)19-39-28-6-3-5-26-25(28)18-27(33-26)31(37)32-22-8-12-34(13-9-22)16-17-35-14-10-23(36)11-15-35;;/h2-7,18,20,22-23,33,36H,8-17,19H2,1H3,(H,32,37);2*1H. The molecule has 0 bridgehead atoms. The number of para-hydroxylation sites is 1. The van der Waals surface area contributed by atoms with Gasteiger partial charge in [-0.3, -0.25) is 4.79 Å². The fraction of sp³-hybridized carbons (Fsp3) is 0.452. The highest BCUT2D eigenvalue weighted by atomic mass is 35.5. The highest BCUT2D eigenvalue weighted by Gasteiger charge is 2.23. The molecule has 6 rings (SSSR count). The van der Waals surface area contributed by atoms with Gasteiger partial charge in [0.25, 0.3) is 5.91 Å². The Kier molecular flexibility index (Phi) is 11.0. The van der Waals surface area contributed by atoms with Crippen molar-refractivity contribution in [2.75, 3.05) is 46.4 Å². The van der Waals surface area contributed by atoms with Gasteiger partial charge in [0.15, 0.2) is 11.3 Å². The number of H-pyrrole nitrogens is 1. The summed E-state index contributed by atoms with van der Waals surface area (Å²) < 4.78 is 17.3. The SMILES string of the molecule is COc1cccc2c(COc3cccc4[nH]c(C(=O)NC5CCN(CCN6CCC(O)CC6)CC5)cc34)coc12.Cl.Cl. The van der Waals surface area contributed by atoms with Gasteiger partial charge in [-0.2, -0.15) is 0 Å². The van der Waals surface area contributed by atoms with E-state index < -0.39 is 0 Å². The summed E-state index contributed by atoms with van der Waals surface area (Å²) in [4.78, 5) is 21.3. The fourth-order valence-electron chi connectivity index (χ4n) is 5.88. The Hall–Kier alpha value is -2.95. The number of furan rings is 1. The van der Waals surface area contributed by atoms with Crippen LogP contribution in [0, 0.1) is 0 Å². The van der Waals surface area contributed by atoms with Crippen molar-refractivity contribution in [3.63, 3.8) is 0 Å². The topological polar surface area (TPSA) is 103 Å². The van der Waals surface area contributed by atoms with Crippen molar-refractivity contribution in [3.05, 3.63) is 60.0 Å². The van der Waals surface area contributed by atoms with Gasteiger partial charge in [-0.25, -0.2) is 0 Å². The van der Waals surface area contributed by atoms with Crippen LogP contribution in [-0.4, -0.2) is 84.3 Å². The largest absolute Gasteiger partial charge is 0.493 e. The first-order valence-corrected chi connectivity index (χ1v) is 14.3. The molecule has 2 aliphatic heterocycles. The van der Waals surface area contributed by atoms with Gasteiger partial charge < -0.3 is 39.1 Å². The lowest BCUT2D eigenvalue weighted by Gasteiger charge is -2.35. The van der Waals surface area contributed by atoms with Crippen molar-refractivity contribution in [2.24, 2.45) is 0 Å². The van der Waals surface area contributed by atoms with E-state index in [4.69, 9.17) is 13.9 Å². The Bertz CT molecular complexity index is 1460. The molecule has 3 N–H and O–H groups in total. The van der Waals surface area contributed by atoms with Gasteiger partial charge in [0.2, 0.25) is 0 Å². The molecule has 11 heteroatoms. The second kappa shape index (κ2) is 14.5. The van der Waals surface area contributed by atoms with Gasteiger partial charge in [-0.15, -0.1) is 24.8 Å². The highest BCUT2D eigenvalue weighted by Crippen LogP contribution is 2.32. The number of aliphatic hydroxyl groups is 1. The minimum atomic E-state index is -0.125. The monoisotopic (exact) mass is 618 g/mol.